The van der Waals surface area contributed by atoms with Crippen molar-refractivity contribution in [3.8, 4) is 0 Å². The number of nitrogens with one attached hydrogen (secondary N) is 2. The van der Waals surface area contributed by atoms with Gasteiger partial charge in [0.05, 0.1) is 34.1 Å². The number of aryl methyl sites for hydroxylation is 1. The van der Waals surface area contributed by atoms with Crippen LogP contribution in [0.5, 0.6) is 0 Å². The maximum Gasteiger partial charge on any atom is 0.337 e. The van der Waals surface area contributed by atoms with Crippen LogP contribution in [0, 0.1) is 0 Å². The van der Waals surface area contributed by atoms with Crippen LogP contribution in [-0.4, -0.2) is 44.4 Å². The van der Waals surface area contributed by atoms with E-state index < -0.39 is 38.3 Å². The molecule has 1 aliphatic carbocycles. The largest absolute Gasteiger partial charge is 0.478 e. The van der Waals surface area contributed by atoms with Gasteiger partial charge in [-0.15, -0.1) is 0 Å². The zero-order valence-electron chi connectivity index (χ0n) is 16.2. The molecule has 1 aliphatic rings. The molecule has 1 fully saturated rings. The Bertz CT molecular complexity index is 1410. The minimum Gasteiger partial charge on any atom is -0.478 e. The fraction of sp³-hybridized carbons (Fsp3) is 0.333. The second kappa shape index (κ2) is 6.64. The molecule has 3 N–H and O–H groups in total. The van der Waals surface area contributed by atoms with Crippen LogP contribution in [0.3, 0.4) is 0 Å². The van der Waals surface area contributed by atoms with Crippen LogP contribution in [0.1, 0.15) is 35.7 Å². The fourth-order valence-electron chi connectivity index (χ4n) is 3.21. The normalized spacial score (nSPS) is 15.4. The molecule has 1 aromatic carbocycles. The molecule has 0 unspecified atom stereocenters. The second-order valence-corrected chi connectivity index (χ2v) is 9.39. The summed E-state index contributed by atoms with van der Waals surface area (Å²) in [5, 5.41) is 13.3. The summed E-state index contributed by atoms with van der Waals surface area (Å²) in [5.41, 5.74) is -2.31. The molecule has 12 heteroatoms. The number of nitrogens with zero attached hydrogens (tertiary/aromatic N) is 3. The predicted octanol–water partition coefficient (Wildman–Crippen LogP) is 0.000600. The van der Waals surface area contributed by atoms with E-state index >= 15 is 0 Å². The van der Waals surface area contributed by atoms with Crippen molar-refractivity contribution in [1.82, 2.24) is 24.1 Å². The highest BCUT2D eigenvalue weighted by Crippen LogP contribution is 2.36. The fourth-order valence-corrected chi connectivity index (χ4v) is 4.72. The van der Waals surface area contributed by atoms with Crippen LogP contribution in [0.15, 0.2) is 39.0 Å². The standard InChI is InChI=1S/C18H19N5O6S/c1-18(3-4-18)21-30(28,29)11-5-12-14(13(6-11)16(25)26)20-17(27)23(15(12)24)9-10-7-19-22(2)8-10/h5-8,21H,3-4,9H2,1-2H3,(H,20,27)(H,25,26). The number of hydrogen-bond donors (Lipinski definition) is 3. The summed E-state index contributed by atoms with van der Waals surface area (Å²) in [7, 11) is -2.38. The molecule has 0 atom stereocenters. The summed E-state index contributed by atoms with van der Waals surface area (Å²) in [6.45, 7) is 1.63. The van der Waals surface area contributed by atoms with Gasteiger partial charge < -0.3 is 10.1 Å². The lowest BCUT2D eigenvalue weighted by molar-refractivity contribution is 0.0698. The van der Waals surface area contributed by atoms with Crippen molar-refractivity contribution >= 4 is 26.9 Å². The number of H-pyrrole nitrogens is 1. The van der Waals surface area contributed by atoms with Crippen molar-refractivity contribution < 1.29 is 18.3 Å². The molecule has 30 heavy (non-hydrogen) atoms. The molecule has 0 bridgehead atoms. The van der Waals surface area contributed by atoms with Gasteiger partial charge in [-0.25, -0.2) is 22.7 Å². The molecule has 0 spiro atoms. The maximum atomic E-state index is 13.0. The highest BCUT2D eigenvalue weighted by Gasteiger charge is 2.41. The van der Waals surface area contributed by atoms with E-state index in [9.17, 15) is 27.9 Å². The van der Waals surface area contributed by atoms with Gasteiger partial charge in [0, 0.05) is 24.3 Å². The second-order valence-electron chi connectivity index (χ2n) is 7.71. The molecule has 3 aromatic rings. The van der Waals surface area contributed by atoms with Gasteiger partial charge in [0.15, 0.2) is 0 Å². The van der Waals surface area contributed by atoms with Crippen molar-refractivity contribution in [1.29, 1.82) is 0 Å². The Labute approximate surface area is 170 Å². The van der Waals surface area contributed by atoms with E-state index in [1.807, 2.05) is 0 Å². The summed E-state index contributed by atoms with van der Waals surface area (Å²) < 4.78 is 30.4. The third-order valence-corrected chi connectivity index (χ3v) is 6.70. The molecular formula is C18H19N5O6S. The number of benzene rings is 1. The lowest BCUT2D eigenvalue weighted by Crippen LogP contribution is -2.37. The first-order valence-corrected chi connectivity index (χ1v) is 10.5. The lowest BCUT2D eigenvalue weighted by Gasteiger charge is -2.14. The number of hydrogen-bond acceptors (Lipinski definition) is 6. The van der Waals surface area contributed by atoms with Gasteiger partial charge in [-0.1, -0.05) is 0 Å². The number of aromatic nitrogens is 4. The number of carbonyl (C=O) groups is 1. The molecule has 158 valence electrons. The molecular weight excluding hydrogens is 414 g/mol. The number of rotatable bonds is 6. The van der Waals surface area contributed by atoms with Crippen molar-refractivity contribution in [2.75, 3.05) is 0 Å². The van der Waals surface area contributed by atoms with E-state index in [0.717, 1.165) is 16.7 Å². The summed E-state index contributed by atoms with van der Waals surface area (Å²) >= 11 is 0. The molecule has 0 aliphatic heterocycles. The molecule has 11 nitrogen and oxygen atoms in total. The van der Waals surface area contributed by atoms with Crippen LogP contribution in [0.4, 0.5) is 0 Å². The van der Waals surface area contributed by atoms with Gasteiger partial charge in [-0.2, -0.15) is 5.10 Å². The molecule has 1 saturated carbocycles. The average molecular weight is 433 g/mol. The predicted molar refractivity (Wildman–Crippen MR) is 106 cm³/mol. The Morgan fingerprint density at radius 1 is 1.33 bits per heavy atom. The highest BCUT2D eigenvalue weighted by molar-refractivity contribution is 7.89. The van der Waals surface area contributed by atoms with Gasteiger partial charge in [-0.05, 0) is 31.9 Å². The third-order valence-electron chi connectivity index (χ3n) is 5.09. The number of sulfonamides is 1. The van der Waals surface area contributed by atoms with Crippen molar-refractivity contribution in [3.63, 3.8) is 0 Å². The number of fused-ring (bicyclic) bond motifs is 1. The van der Waals surface area contributed by atoms with Crippen molar-refractivity contribution in [2.24, 2.45) is 7.05 Å². The van der Waals surface area contributed by atoms with Crippen molar-refractivity contribution in [2.45, 2.75) is 36.7 Å². The van der Waals surface area contributed by atoms with E-state index in [1.54, 1.807) is 20.2 Å². The first-order valence-electron chi connectivity index (χ1n) is 9.05. The highest BCUT2D eigenvalue weighted by atomic mass is 32.2. The molecule has 0 saturated heterocycles. The van der Waals surface area contributed by atoms with E-state index in [1.165, 1.54) is 10.9 Å². The zero-order valence-corrected chi connectivity index (χ0v) is 17.0. The SMILES string of the molecule is Cn1cc(Cn2c(=O)[nH]c3c(C(=O)O)cc(S(=O)(=O)NC4(C)CC4)cc3c2=O)cn1. The minimum absolute atomic E-state index is 0.104. The number of aromatic carboxylic acids is 1. The maximum absolute atomic E-state index is 13.0. The van der Waals surface area contributed by atoms with E-state index in [0.29, 0.717) is 18.4 Å². The van der Waals surface area contributed by atoms with Crippen LogP contribution in [0.25, 0.3) is 10.9 Å². The first-order chi connectivity index (χ1) is 14.0. The summed E-state index contributed by atoms with van der Waals surface area (Å²) in [6.07, 6.45) is 4.44. The topological polar surface area (TPSA) is 156 Å². The Kier molecular flexibility index (Phi) is 4.43. The first kappa shape index (κ1) is 20.0. The van der Waals surface area contributed by atoms with E-state index in [2.05, 4.69) is 14.8 Å². The smallest absolute Gasteiger partial charge is 0.337 e. The number of carboxylic acid groups (broad SMARTS) is 1. The van der Waals surface area contributed by atoms with Crippen LogP contribution in [-0.2, 0) is 23.6 Å². The van der Waals surface area contributed by atoms with E-state index in [4.69, 9.17) is 0 Å². The molecule has 0 radical (unpaired) electrons. The molecule has 0 amide bonds. The van der Waals surface area contributed by atoms with Gasteiger partial charge >= 0.3 is 11.7 Å². The van der Waals surface area contributed by atoms with Gasteiger partial charge in [-0.3, -0.25) is 14.0 Å². The summed E-state index contributed by atoms with van der Waals surface area (Å²) in [6, 6.07) is 2.04. The Morgan fingerprint density at radius 2 is 2.03 bits per heavy atom. The third kappa shape index (κ3) is 3.55. The quantitative estimate of drug-likeness (QED) is 0.494. The van der Waals surface area contributed by atoms with Gasteiger partial charge in [0.2, 0.25) is 10.0 Å². The number of carboxylic acids is 1. The average Bonchev–Trinajstić information content (AvgIpc) is 3.22. The van der Waals surface area contributed by atoms with Crippen LogP contribution >= 0.6 is 0 Å². The molecule has 4 rings (SSSR count). The van der Waals surface area contributed by atoms with Crippen LogP contribution < -0.4 is 16.0 Å². The Morgan fingerprint density at radius 3 is 2.60 bits per heavy atom. The van der Waals surface area contributed by atoms with Crippen molar-refractivity contribution in [3.05, 3.63) is 56.5 Å². The Hall–Kier alpha value is -3.25. The van der Waals surface area contributed by atoms with Crippen LogP contribution in [0.2, 0.25) is 0 Å². The Balaban J connectivity index is 1.93. The lowest BCUT2D eigenvalue weighted by atomic mass is 10.1. The monoisotopic (exact) mass is 433 g/mol. The van der Waals surface area contributed by atoms with Gasteiger partial charge in [0.25, 0.3) is 5.56 Å². The van der Waals surface area contributed by atoms with E-state index in [-0.39, 0.29) is 22.3 Å². The molecule has 2 aromatic heterocycles. The zero-order chi connectivity index (χ0) is 21.8. The number of aromatic amines is 1. The minimum atomic E-state index is -4.07. The molecule has 2 heterocycles. The summed E-state index contributed by atoms with van der Waals surface area (Å²) in [5.74, 6) is -1.46. The van der Waals surface area contributed by atoms with Gasteiger partial charge in [0.1, 0.15) is 0 Å². The summed E-state index contributed by atoms with van der Waals surface area (Å²) in [4.78, 5) is 39.3.